The number of halogens is 3. The van der Waals surface area contributed by atoms with Crippen molar-refractivity contribution in [3.63, 3.8) is 0 Å². The monoisotopic (exact) mass is 274 g/mol. The molecule has 0 aliphatic carbocycles. The molecule has 7 heteroatoms. The van der Waals surface area contributed by atoms with Crippen molar-refractivity contribution in [1.82, 2.24) is 0 Å². The van der Waals surface area contributed by atoms with E-state index in [1.807, 2.05) is 0 Å². The van der Waals surface area contributed by atoms with Crippen LogP contribution >= 0.6 is 0 Å². The lowest BCUT2D eigenvalue weighted by atomic mass is 10.2. The summed E-state index contributed by atoms with van der Waals surface area (Å²) in [6.07, 6.45) is -6.17. The van der Waals surface area contributed by atoms with Gasteiger partial charge in [0.15, 0.2) is 5.43 Å². The number of hydrogen-bond acceptors (Lipinski definition) is 4. The lowest BCUT2D eigenvalue weighted by Crippen LogP contribution is -2.20. The molecule has 0 fully saturated rings. The number of methoxy groups -OCH3 is 1. The molecule has 102 valence electrons. The summed E-state index contributed by atoms with van der Waals surface area (Å²) in [7, 11) is 1.43. The van der Waals surface area contributed by atoms with Gasteiger partial charge in [-0.3, -0.25) is 4.79 Å². The van der Waals surface area contributed by atoms with Crippen molar-refractivity contribution in [2.75, 3.05) is 7.11 Å². The molecule has 2 rings (SSSR count). The van der Waals surface area contributed by atoms with Crippen molar-refractivity contribution < 1.29 is 27.1 Å². The summed E-state index contributed by atoms with van der Waals surface area (Å²) in [5, 5.41) is 0.180. The minimum absolute atomic E-state index is 0.0877. The largest absolute Gasteiger partial charge is 0.497 e. The third-order valence-electron chi connectivity index (χ3n) is 2.34. The maximum atomic E-state index is 12.7. The number of ether oxygens (including phenoxy) is 2. The van der Waals surface area contributed by atoms with E-state index < -0.39 is 24.2 Å². The molecule has 0 radical (unpaired) electrons. The lowest BCUT2D eigenvalue weighted by Gasteiger charge is -2.09. The fourth-order valence-corrected chi connectivity index (χ4v) is 1.46. The Balaban J connectivity index is 2.42. The quantitative estimate of drug-likeness (QED) is 0.860. The Morgan fingerprint density at radius 1 is 1.21 bits per heavy atom. The first-order chi connectivity index (χ1) is 9.01. The van der Waals surface area contributed by atoms with Crippen molar-refractivity contribution in [1.29, 1.82) is 0 Å². The molecule has 0 saturated carbocycles. The minimum atomic E-state index is -3.32. The van der Waals surface area contributed by atoms with Gasteiger partial charge in [0.05, 0.1) is 18.6 Å². The van der Waals surface area contributed by atoms with Gasteiger partial charge in [0.2, 0.25) is 0 Å². The molecule has 4 nitrogen and oxygen atoms in total. The average molecular weight is 274 g/mol. The summed E-state index contributed by atoms with van der Waals surface area (Å²) in [5.74, 6) is -0.167. The molecule has 1 unspecified atom stereocenters. The Morgan fingerprint density at radius 3 is 2.58 bits per heavy atom. The Labute approximate surface area is 105 Å². The molecule has 1 aromatic carbocycles. The predicted octanol–water partition coefficient (Wildman–Crippen LogP) is 2.74. The zero-order chi connectivity index (χ0) is 14.0. The van der Waals surface area contributed by atoms with Gasteiger partial charge in [-0.25, -0.2) is 8.78 Å². The van der Waals surface area contributed by atoms with Crippen molar-refractivity contribution >= 4 is 11.0 Å². The number of alkyl halides is 3. The molecule has 0 spiro atoms. The summed E-state index contributed by atoms with van der Waals surface area (Å²) in [6.45, 7) is 0. The first-order valence-electron chi connectivity index (χ1n) is 5.22. The van der Waals surface area contributed by atoms with E-state index in [4.69, 9.17) is 9.15 Å². The highest BCUT2D eigenvalue weighted by atomic mass is 19.3. The Hall–Kier alpha value is -2.18. The second-order valence-corrected chi connectivity index (χ2v) is 3.60. The van der Waals surface area contributed by atoms with E-state index >= 15 is 0 Å². The fraction of sp³-hybridized carbons (Fsp3) is 0.250. The van der Waals surface area contributed by atoms with Crippen LogP contribution in [0.15, 0.2) is 33.5 Å². The standard InChI is InChI=1S/C12H9F3O4/c1-17-6-2-3-9-7(4-6)8(16)5-10(18-9)19-12(15)11(13)14/h2-5,11-12H,1H3. The minimum Gasteiger partial charge on any atom is -0.497 e. The van der Waals surface area contributed by atoms with E-state index in [1.165, 1.54) is 25.3 Å². The SMILES string of the molecule is COc1ccc2oc(OC(F)C(F)F)cc(=O)c2c1. The van der Waals surface area contributed by atoms with Crippen LogP contribution in [0.2, 0.25) is 0 Å². The van der Waals surface area contributed by atoms with Crippen molar-refractivity contribution in [2.24, 2.45) is 0 Å². The van der Waals surface area contributed by atoms with E-state index in [0.717, 1.165) is 6.07 Å². The van der Waals surface area contributed by atoms with Crippen molar-refractivity contribution in [3.05, 3.63) is 34.5 Å². The Morgan fingerprint density at radius 2 is 1.95 bits per heavy atom. The molecule has 0 bridgehead atoms. The van der Waals surface area contributed by atoms with Gasteiger partial charge in [-0.2, -0.15) is 4.39 Å². The highest BCUT2D eigenvalue weighted by Crippen LogP contribution is 2.23. The molecule has 2 aromatic rings. The van der Waals surface area contributed by atoms with E-state index in [0.29, 0.717) is 5.75 Å². The molecule has 0 aliphatic heterocycles. The van der Waals surface area contributed by atoms with Gasteiger partial charge >= 0.3 is 12.8 Å². The predicted molar refractivity (Wildman–Crippen MR) is 60.6 cm³/mol. The number of benzene rings is 1. The maximum absolute atomic E-state index is 12.7. The molecule has 1 atom stereocenters. The van der Waals surface area contributed by atoms with Crippen LogP contribution < -0.4 is 14.9 Å². The second-order valence-electron chi connectivity index (χ2n) is 3.60. The summed E-state index contributed by atoms with van der Waals surface area (Å²) < 4.78 is 50.8. The highest BCUT2D eigenvalue weighted by molar-refractivity contribution is 5.78. The Kier molecular flexibility index (Phi) is 3.64. The number of rotatable bonds is 4. The zero-order valence-electron chi connectivity index (χ0n) is 9.73. The first kappa shape index (κ1) is 13.3. The first-order valence-corrected chi connectivity index (χ1v) is 5.22. The molecular weight excluding hydrogens is 265 g/mol. The van der Waals surface area contributed by atoms with Crippen LogP contribution in [0.4, 0.5) is 13.2 Å². The lowest BCUT2D eigenvalue weighted by molar-refractivity contribution is -0.0767. The van der Waals surface area contributed by atoms with Crippen LogP contribution in [0, 0.1) is 0 Å². The van der Waals surface area contributed by atoms with Crippen LogP contribution in [0.3, 0.4) is 0 Å². The normalized spacial score (nSPS) is 12.7. The summed E-state index contributed by atoms with van der Waals surface area (Å²) in [6, 6.07) is 5.13. The maximum Gasteiger partial charge on any atom is 0.304 e. The van der Waals surface area contributed by atoms with Crippen molar-refractivity contribution in [3.8, 4) is 11.7 Å². The Bertz CT molecular complexity index is 638. The van der Waals surface area contributed by atoms with Gasteiger partial charge in [-0.1, -0.05) is 0 Å². The van der Waals surface area contributed by atoms with E-state index in [-0.39, 0.29) is 11.0 Å². The fourth-order valence-electron chi connectivity index (χ4n) is 1.46. The average Bonchev–Trinajstić information content (AvgIpc) is 2.38. The summed E-state index contributed by atoms with van der Waals surface area (Å²) in [4.78, 5) is 11.7. The van der Waals surface area contributed by atoms with Gasteiger partial charge in [0, 0.05) is 0 Å². The molecule has 0 N–H and O–H groups in total. The van der Waals surface area contributed by atoms with E-state index in [9.17, 15) is 18.0 Å². The topological polar surface area (TPSA) is 48.7 Å². The summed E-state index contributed by atoms with van der Waals surface area (Å²) in [5.41, 5.74) is -0.457. The number of fused-ring (bicyclic) bond motifs is 1. The molecule has 0 aliphatic rings. The van der Waals surface area contributed by atoms with Gasteiger partial charge < -0.3 is 13.9 Å². The molecule has 1 heterocycles. The van der Waals surface area contributed by atoms with Crippen molar-refractivity contribution in [2.45, 2.75) is 12.8 Å². The van der Waals surface area contributed by atoms with Crippen LogP contribution in [0.1, 0.15) is 0 Å². The number of hydrogen-bond donors (Lipinski definition) is 0. The van der Waals surface area contributed by atoms with E-state index in [1.54, 1.807) is 0 Å². The highest BCUT2D eigenvalue weighted by Gasteiger charge is 2.22. The third kappa shape index (κ3) is 2.81. The smallest absolute Gasteiger partial charge is 0.304 e. The third-order valence-corrected chi connectivity index (χ3v) is 2.34. The zero-order valence-corrected chi connectivity index (χ0v) is 9.73. The van der Waals surface area contributed by atoms with Crippen LogP contribution in [-0.2, 0) is 0 Å². The molecule has 19 heavy (non-hydrogen) atoms. The van der Waals surface area contributed by atoms with Crippen LogP contribution in [-0.4, -0.2) is 19.9 Å². The van der Waals surface area contributed by atoms with Crippen LogP contribution in [0.5, 0.6) is 11.7 Å². The molecule has 0 saturated heterocycles. The molecule has 0 amide bonds. The van der Waals surface area contributed by atoms with E-state index in [2.05, 4.69) is 4.74 Å². The van der Waals surface area contributed by atoms with Gasteiger partial charge in [0.25, 0.3) is 5.95 Å². The van der Waals surface area contributed by atoms with Gasteiger partial charge in [0.1, 0.15) is 11.3 Å². The molecule has 1 aromatic heterocycles. The summed E-state index contributed by atoms with van der Waals surface area (Å²) >= 11 is 0. The molecular formula is C12H9F3O4. The van der Waals surface area contributed by atoms with Gasteiger partial charge in [-0.15, -0.1) is 0 Å². The second kappa shape index (κ2) is 5.21. The van der Waals surface area contributed by atoms with Gasteiger partial charge in [-0.05, 0) is 18.2 Å². The van der Waals surface area contributed by atoms with Crippen LogP contribution in [0.25, 0.3) is 11.0 Å².